The van der Waals surface area contributed by atoms with Crippen molar-refractivity contribution in [1.29, 1.82) is 0 Å². The van der Waals surface area contributed by atoms with Gasteiger partial charge >= 0.3 is 6.03 Å². The lowest BCUT2D eigenvalue weighted by Crippen LogP contribution is -2.54. The summed E-state index contributed by atoms with van der Waals surface area (Å²) >= 11 is 0. The molecular formula is C17H22N4O2. The zero-order valence-corrected chi connectivity index (χ0v) is 13.7. The number of carbonyl (C=O) groups excluding carboxylic acids is 1. The molecule has 1 aromatic carbocycles. The fourth-order valence-corrected chi connectivity index (χ4v) is 2.96. The molecule has 1 unspecified atom stereocenters. The molecule has 1 aromatic heterocycles. The molecule has 122 valence electrons. The third-order valence-electron chi connectivity index (χ3n) is 3.72. The number of nitrogens with zero attached hydrogens (tertiary/aromatic N) is 3. The van der Waals surface area contributed by atoms with E-state index in [0.29, 0.717) is 13.1 Å². The highest BCUT2D eigenvalue weighted by Gasteiger charge is 2.33. The van der Waals surface area contributed by atoms with Crippen LogP contribution in [-0.4, -0.2) is 45.5 Å². The maximum atomic E-state index is 12.5. The first kappa shape index (κ1) is 15.6. The van der Waals surface area contributed by atoms with Gasteiger partial charge in [-0.1, -0.05) is 6.07 Å². The molecule has 0 spiro atoms. The number of rotatable bonds is 2. The first-order valence-electron chi connectivity index (χ1n) is 7.77. The van der Waals surface area contributed by atoms with Gasteiger partial charge in [-0.3, -0.25) is 0 Å². The molecule has 6 nitrogen and oxygen atoms in total. The Kier molecular flexibility index (Phi) is 4.09. The molecule has 0 aliphatic carbocycles. The van der Waals surface area contributed by atoms with E-state index in [0.717, 1.165) is 11.4 Å². The fourth-order valence-electron chi connectivity index (χ4n) is 2.96. The van der Waals surface area contributed by atoms with Crippen molar-refractivity contribution >= 4 is 11.7 Å². The minimum atomic E-state index is -0.327. The zero-order chi connectivity index (χ0) is 16.4. The van der Waals surface area contributed by atoms with Crippen molar-refractivity contribution in [3.05, 3.63) is 42.7 Å². The number of hydrogen-bond acceptors (Lipinski definition) is 3. The Morgan fingerprint density at radius 1 is 1.39 bits per heavy atom. The molecule has 2 heterocycles. The maximum absolute atomic E-state index is 12.5. The summed E-state index contributed by atoms with van der Waals surface area (Å²) in [5, 5.41) is 7.17. The Labute approximate surface area is 136 Å². The van der Waals surface area contributed by atoms with E-state index in [1.165, 1.54) is 0 Å². The van der Waals surface area contributed by atoms with E-state index in [9.17, 15) is 4.79 Å². The SMILES string of the molecule is CC1CN(C(=O)Nc2cccc(-n3cccn3)c2)CC(C)(C)O1. The van der Waals surface area contributed by atoms with E-state index < -0.39 is 0 Å². The highest BCUT2D eigenvalue weighted by atomic mass is 16.5. The molecule has 0 saturated carbocycles. The summed E-state index contributed by atoms with van der Waals surface area (Å²) in [5.74, 6) is 0. The average Bonchev–Trinajstić information content (AvgIpc) is 2.99. The standard InChI is InChI=1S/C17H22N4O2/c1-13-11-20(12-17(2,3)23-13)16(22)19-14-6-4-7-15(10-14)21-9-5-8-18-21/h4-10,13H,11-12H2,1-3H3,(H,19,22). The predicted octanol–water partition coefficient (Wildman–Crippen LogP) is 2.90. The predicted molar refractivity (Wildman–Crippen MR) is 88.8 cm³/mol. The van der Waals surface area contributed by atoms with Crippen LogP contribution in [0.3, 0.4) is 0 Å². The van der Waals surface area contributed by atoms with Gasteiger partial charge in [-0.25, -0.2) is 9.48 Å². The van der Waals surface area contributed by atoms with E-state index in [2.05, 4.69) is 10.4 Å². The lowest BCUT2D eigenvalue weighted by molar-refractivity contribution is -0.116. The van der Waals surface area contributed by atoms with Crippen molar-refractivity contribution in [1.82, 2.24) is 14.7 Å². The second kappa shape index (κ2) is 6.04. The number of ether oxygens (including phenoxy) is 1. The van der Waals surface area contributed by atoms with Gasteiger partial charge < -0.3 is 15.0 Å². The van der Waals surface area contributed by atoms with E-state index in [1.807, 2.05) is 57.3 Å². The number of anilines is 1. The van der Waals surface area contributed by atoms with E-state index in [-0.39, 0.29) is 17.7 Å². The minimum Gasteiger partial charge on any atom is -0.369 e. The van der Waals surface area contributed by atoms with Gasteiger partial charge in [-0.05, 0) is 45.0 Å². The second-order valence-electron chi connectivity index (χ2n) is 6.50. The summed E-state index contributed by atoms with van der Waals surface area (Å²) in [6.45, 7) is 7.15. The molecule has 1 atom stereocenters. The number of carbonyl (C=O) groups is 1. The Morgan fingerprint density at radius 2 is 2.22 bits per heavy atom. The van der Waals surface area contributed by atoms with Crippen LogP contribution in [0.4, 0.5) is 10.5 Å². The first-order chi connectivity index (χ1) is 10.9. The van der Waals surface area contributed by atoms with E-state index in [4.69, 9.17) is 4.74 Å². The molecule has 23 heavy (non-hydrogen) atoms. The molecule has 3 rings (SSSR count). The Hall–Kier alpha value is -2.34. The normalized spacial score (nSPS) is 20.3. The van der Waals surface area contributed by atoms with Crippen molar-refractivity contribution < 1.29 is 9.53 Å². The summed E-state index contributed by atoms with van der Waals surface area (Å²) in [7, 11) is 0. The topological polar surface area (TPSA) is 59.4 Å². The Bertz CT molecular complexity index is 682. The van der Waals surface area contributed by atoms with Crippen LogP contribution in [-0.2, 0) is 4.74 Å². The molecule has 0 bridgehead atoms. The fraction of sp³-hybridized carbons (Fsp3) is 0.412. The number of aromatic nitrogens is 2. The van der Waals surface area contributed by atoms with Crippen LogP contribution in [0.5, 0.6) is 0 Å². The molecule has 6 heteroatoms. The van der Waals surface area contributed by atoms with Crippen molar-refractivity contribution in [3.8, 4) is 5.69 Å². The summed E-state index contributed by atoms with van der Waals surface area (Å²) in [4.78, 5) is 14.3. The summed E-state index contributed by atoms with van der Waals surface area (Å²) in [6, 6.07) is 9.38. The van der Waals surface area contributed by atoms with Gasteiger partial charge in [0.05, 0.1) is 23.9 Å². The monoisotopic (exact) mass is 314 g/mol. The molecule has 2 amide bonds. The number of urea groups is 1. The molecule has 1 N–H and O–H groups in total. The summed E-state index contributed by atoms with van der Waals surface area (Å²) in [6.07, 6.45) is 3.62. The van der Waals surface area contributed by atoms with Gasteiger partial charge in [0.25, 0.3) is 0 Å². The van der Waals surface area contributed by atoms with Crippen LogP contribution in [0.1, 0.15) is 20.8 Å². The van der Waals surface area contributed by atoms with Crippen molar-refractivity contribution in [2.24, 2.45) is 0 Å². The van der Waals surface area contributed by atoms with Crippen LogP contribution < -0.4 is 5.32 Å². The second-order valence-corrected chi connectivity index (χ2v) is 6.50. The summed E-state index contributed by atoms with van der Waals surface area (Å²) < 4.78 is 7.60. The molecule has 1 fully saturated rings. The van der Waals surface area contributed by atoms with Crippen LogP contribution in [0.2, 0.25) is 0 Å². The molecule has 2 aromatic rings. The van der Waals surface area contributed by atoms with Gasteiger partial charge in [0.1, 0.15) is 0 Å². The number of nitrogens with one attached hydrogen (secondary N) is 1. The smallest absolute Gasteiger partial charge is 0.322 e. The first-order valence-corrected chi connectivity index (χ1v) is 7.77. The van der Waals surface area contributed by atoms with Crippen LogP contribution in [0.25, 0.3) is 5.69 Å². The molecule has 1 saturated heterocycles. The molecular weight excluding hydrogens is 292 g/mol. The van der Waals surface area contributed by atoms with Crippen molar-refractivity contribution in [3.63, 3.8) is 0 Å². The van der Waals surface area contributed by atoms with Gasteiger partial charge in [0, 0.05) is 24.6 Å². The average molecular weight is 314 g/mol. The minimum absolute atomic E-state index is 0.0277. The van der Waals surface area contributed by atoms with E-state index >= 15 is 0 Å². The summed E-state index contributed by atoms with van der Waals surface area (Å²) in [5.41, 5.74) is 1.33. The zero-order valence-electron chi connectivity index (χ0n) is 13.7. The lowest BCUT2D eigenvalue weighted by atomic mass is 10.1. The molecule has 1 aliphatic rings. The van der Waals surface area contributed by atoms with Gasteiger partial charge in [-0.15, -0.1) is 0 Å². The molecule has 1 aliphatic heterocycles. The van der Waals surface area contributed by atoms with Gasteiger partial charge in [0.15, 0.2) is 0 Å². The van der Waals surface area contributed by atoms with Crippen LogP contribution >= 0.6 is 0 Å². The van der Waals surface area contributed by atoms with Gasteiger partial charge in [-0.2, -0.15) is 5.10 Å². The number of benzene rings is 1. The number of morpholine rings is 1. The van der Waals surface area contributed by atoms with Crippen LogP contribution in [0.15, 0.2) is 42.7 Å². The van der Waals surface area contributed by atoms with Crippen LogP contribution in [0, 0.1) is 0 Å². The third-order valence-corrected chi connectivity index (χ3v) is 3.72. The number of hydrogen-bond donors (Lipinski definition) is 1. The highest BCUT2D eigenvalue weighted by Crippen LogP contribution is 2.22. The van der Waals surface area contributed by atoms with Crippen molar-refractivity contribution in [2.75, 3.05) is 18.4 Å². The third kappa shape index (κ3) is 3.71. The quantitative estimate of drug-likeness (QED) is 0.927. The Balaban J connectivity index is 1.72. The molecule has 0 radical (unpaired) electrons. The maximum Gasteiger partial charge on any atom is 0.322 e. The Morgan fingerprint density at radius 3 is 2.91 bits per heavy atom. The largest absolute Gasteiger partial charge is 0.369 e. The highest BCUT2D eigenvalue weighted by molar-refractivity contribution is 5.89. The lowest BCUT2D eigenvalue weighted by Gasteiger charge is -2.41. The number of amides is 2. The van der Waals surface area contributed by atoms with Gasteiger partial charge in [0.2, 0.25) is 0 Å². The van der Waals surface area contributed by atoms with Crippen molar-refractivity contribution in [2.45, 2.75) is 32.5 Å². The van der Waals surface area contributed by atoms with E-state index in [1.54, 1.807) is 15.8 Å².